The molecule has 0 radical (unpaired) electrons. The Balaban J connectivity index is 2.29. The van der Waals surface area contributed by atoms with Crippen molar-refractivity contribution >= 4 is 34.5 Å². The smallest absolute Gasteiger partial charge is 0.255 e. The molecule has 0 spiro atoms. The van der Waals surface area contributed by atoms with Crippen LogP contribution in [0.25, 0.3) is 0 Å². The van der Waals surface area contributed by atoms with Gasteiger partial charge < -0.3 is 4.90 Å². The Morgan fingerprint density at radius 3 is 2.50 bits per heavy atom. The second kappa shape index (κ2) is 5.66. The normalized spacial score (nSPS) is 24.1. The third-order valence-corrected chi connectivity index (χ3v) is 4.48. The first-order chi connectivity index (χ1) is 8.50. The monoisotopic (exact) mass is 327 g/mol. The van der Waals surface area contributed by atoms with Crippen LogP contribution in [0.1, 0.15) is 43.5 Å². The largest absolute Gasteiger partial charge is 0.333 e. The molecule has 0 N–H and O–H groups in total. The first-order valence-corrected chi connectivity index (χ1v) is 7.56. The third-order valence-electron chi connectivity index (χ3n) is 3.62. The van der Waals surface area contributed by atoms with E-state index >= 15 is 0 Å². The molecule has 1 aromatic carbocycles. The fourth-order valence-electron chi connectivity index (χ4n) is 2.65. The van der Waals surface area contributed by atoms with E-state index in [-0.39, 0.29) is 5.91 Å². The zero-order valence-electron chi connectivity index (χ0n) is 10.7. The highest BCUT2D eigenvalue weighted by Crippen LogP contribution is 2.27. The zero-order valence-corrected chi connectivity index (χ0v) is 13.2. The predicted octanol–water partition coefficient (Wildman–Crippen LogP) is 4.14. The van der Waals surface area contributed by atoms with E-state index < -0.39 is 0 Å². The SMILES string of the molecule is C[C@@H]1CCC[C@H](C)N1C(=O)c1ccc(Br)cc1S. The molecule has 1 aliphatic heterocycles. The number of nitrogens with zero attached hydrogens (tertiary/aromatic N) is 1. The Labute approximate surface area is 122 Å². The lowest BCUT2D eigenvalue weighted by Crippen LogP contribution is -2.47. The summed E-state index contributed by atoms with van der Waals surface area (Å²) in [6.45, 7) is 4.26. The van der Waals surface area contributed by atoms with E-state index in [9.17, 15) is 4.79 Å². The topological polar surface area (TPSA) is 20.3 Å². The number of benzene rings is 1. The second-order valence-corrected chi connectivity index (χ2v) is 6.40. The van der Waals surface area contributed by atoms with Gasteiger partial charge in [-0.05, 0) is 51.3 Å². The van der Waals surface area contributed by atoms with Crippen molar-refractivity contribution in [2.75, 3.05) is 0 Å². The summed E-state index contributed by atoms with van der Waals surface area (Å²) in [4.78, 5) is 15.4. The number of carbonyl (C=O) groups is 1. The van der Waals surface area contributed by atoms with E-state index in [0.29, 0.717) is 17.6 Å². The number of hydrogen-bond acceptors (Lipinski definition) is 2. The maximum Gasteiger partial charge on any atom is 0.255 e. The van der Waals surface area contributed by atoms with Crippen molar-refractivity contribution in [1.29, 1.82) is 0 Å². The lowest BCUT2D eigenvalue weighted by Gasteiger charge is -2.39. The van der Waals surface area contributed by atoms with Gasteiger partial charge in [-0.15, -0.1) is 12.6 Å². The maximum atomic E-state index is 12.6. The molecule has 0 unspecified atom stereocenters. The molecule has 1 fully saturated rings. The third kappa shape index (κ3) is 2.75. The number of hydrogen-bond donors (Lipinski definition) is 1. The molecule has 0 aliphatic carbocycles. The van der Waals surface area contributed by atoms with Crippen molar-refractivity contribution in [1.82, 2.24) is 4.90 Å². The van der Waals surface area contributed by atoms with Crippen LogP contribution >= 0.6 is 28.6 Å². The summed E-state index contributed by atoms with van der Waals surface area (Å²) < 4.78 is 0.948. The quantitative estimate of drug-likeness (QED) is 0.768. The minimum Gasteiger partial charge on any atom is -0.333 e. The highest BCUT2D eigenvalue weighted by molar-refractivity contribution is 9.10. The van der Waals surface area contributed by atoms with Gasteiger partial charge in [-0.3, -0.25) is 4.79 Å². The fourth-order valence-corrected chi connectivity index (χ4v) is 3.49. The number of halogens is 1. The van der Waals surface area contributed by atoms with Crippen LogP contribution in [-0.2, 0) is 0 Å². The van der Waals surface area contributed by atoms with Crippen LogP contribution in [0.5, 0.6) is 0 Å². The highest BCUT2D eigenvalue weighted by Gasteiger charge is 2.30. The summed E-state index contributed by atoms with van der Waals surface area (Å²) in [7, 11) is 0. The van der Waals surface area contributed by atoms with Crippen LogP contribution in [0, 0.1) is 0 Å². The van der Waals surface area contributed by atoms with Crippen molar-refractivity contribution in [2.45, 2.75) is 50.1 Å². The maximum absolute atomic E-state index is 12.6. The van der Waals surface area contributed by atoms with Crippen molar-refractivity contribution in [2.24, 2.45) is 0 Å². The van der Waals surface area contributed by atoms with E-state index in [1.807, 2.05) is 23.1 Å². The Morgan fingerprint density at radius 2 is 1.94 bits per heavy atom. The van der Waals surface area contributed by atoms with E-state index in [1.54, 1.807) is 0 Å². The Morgan fingerprint density at radius 1 is 1.33 bits per heavy atom. The minimum atomic E-state index is 0.104. The van der Waals surface area contributed by atoms with Crippen LogP contribution in [0.4, 0.5) is 0 Å². The number of piperidine rings is 1. The van der Waals surface area contributed by atoms with Crippen molar-refractivity contribution in [3.8, 4) is 0 Å². The fraction of sp³-hybridized carbons (Fsp3) is 0.500. The number of rotatable bonds is 1. The average molecular weight is 328 g/mol. The first kappa shape index (κ1) is 13.9. The van der Waals surface area contributed by atoms with Gasteiger partial charge in [0, 0.05) is 21.5 Å². The number of amides is 1. The second-order valence-electron chi connectivity index (χ2n) is 5.00. The molecule has 98 valence electrons. The zero-order chi connectivity index (χ0) is 13.3. The molecule has 2 atom stereocenters. The summed E-state index contributed by atoms with van der Waals surface area (Å²) in [6, 6.07) is 6.25. The molecule has 0 saturated carbocycles. The van der Waals surface area contributed by atoms with E-state index in [0.717, 1.165) is 22.2 Å². The van der Waals surface area contributed by atoms with Crippen LogP contribution < -0.4 is 0 Å². The van der Waals surface area contributed by atoms with Crippen molar-refractivity contribution in [3.05, 3.63) is 28.2 Å². The first-order valence-electron chi connectivity index (χ1n) is 6.32. The van der Waals surface area contributed by atoms with Gasteiger partial charge >= 0.3 is 0 Å². The summed E-state index contributed by atoms with van der Waals surface area (Å²) >= 11 is 7.80. The van der Waals surface area contributed by atoms with Gasteiger partial charge in [-0.25, -0.2) is 0 Å². The molecule has 1 amide bonds. The standard InChI is InChI=1S/C14H18BrNOS/c1-9-4-3-5-10(2)16(9)14(17)12-7-6-11(15)8-13(12)18/h6-10,18H,3-5H2,1-2H3/t9-,10+. The van der Waals surface area contributed by atoms with Gasteiger partial charge in [-0.1, -0.05) is 15.9 Å². The molecule has 4 heteroatoms. The summed E-state index contributed by atoms with van der Waals surface area (Å²) in [5, 5.41) is 0. The predicted molar refractivity (Wildman–Crippen MR) is 80.3 cm³/mol. The molecule has 1 aromatic rings. The van der Waals surface area contributed by atoms with Gasteiger partial charge in [0.2, 0.25) is 0 Å². The Hall–Kier alpha value is -0.480. The van der Waals surface area contributed by atoms with E-state index in [1.165, 1.54) is 6.42 Å². The molecule has 0 bridgehead atoms. The molecule has 18 heavy (non-hydrogen) atoms. The molecule has 1 saturated heterocycles. The lowest BCUT2D eigenvalue weighted by molar-refractivity contribution is 0.0507. The van der Waals surface area contributed by atoms with Gasteiger partial charge in [0.25, 0.3) is 5.91 Å². The molecule has 2 nitrogen and oxygen atoms in total. The van der Waals surface area contributed by atoms with E-state index in [4.69, 9.17) is 0 Å². The summed E-state index contributed by atoms with van der Waals surface area (Å²) in [5.74, 6) is 0.104. The van der Waals surface area contributed by atoms with Gasteiger partial charge in [-0.2, -0.15) is 0 Å². The number of likely N-dealkylation sites (tertiary alicyclic amines) is 1. The minimum absolute atomic E-state index is 0.104. The number of carbonyl (C=O) groups excluding carboxylic acids is 1. The Bertz CT molecular complexity index is 453. The van der Waals surface area contributed by atoms with E-state index in [2.05, 4.69) is 42.4 Å². The van der Waals surface area contributed by atoms with Crippen LogP contribution in [-0.4, -0.2) is 22.9 Å². The molecular formula is C14H18BrNOS. The van der Waals surface area contributed by atoms with Crippen molar-refractivity contribution < 1.29 is 4.79 Å². The lowest BCUT2D eigenvalue weighted by atomic mass is 9.96. The van der Waals surface area contributed by atoms with Crippen molar-refractivity contribution in [3.63, 3.8) is 0 Å². The molecule has 1 heterocycles. The van der Waals surface area contributed by atoms with Gasteiger partial charge in [0.05, 0.1) is 5.56 Å². The molecule has 1 aliphatic rings. The van der Waals surface area contributed by atoms with Crippen LogP contribution in [0.3, 0.4) is 0 Å². The van der Waals surface area contributed by atoms with Crippen LogP contribution in [0.2, 0.25) is 0 Å². The molecule has 2 rings (SSSR count). The summed E-state index contributed by atoms with van der Waals surface area (Å²) in [6.07, 6.45) is 3.39. The Kier molecular flexibility index (Phi) is 4.38. The summed E-state index contributed by atoms with van der Waals surface area (Å²) in [5.41, 5.74) is 0.696. The van der Waals surface area contributed by atoms with Gasteiger partial charge in [0.15, 0.2) is 0 Å². The van der Waals surface area contributed by atoms with Gasteiger partial charge in [0.1, 0.15) is 0 Å². The average Bonchev–Trinajstić information content (AvgIpc) is 2.28. The van der Waals surface area contributed by atoms with Crippen LogP contribution in [0.15, 0.2) is 27.6 Å². The highest BCUT2D eigenvalue weighted by atomic mass is 79.9. The molecule has 0 aromatic heterocycles. The number of thiol groups is 1. The molecular weight excluding hydrogens is 310 g/mol.